The maximum atomic E-state index is 12.1. The van der Waals surface area contributed by atoms with Gasteiger partial charge in [0.05, 0.1) is 0 Å². The summed E-state index contributed by atoms with van der Waals surface area (Å²) in [6.45, 7) is 0. The molecule has 0 spiro atoms. The molecular formula is C21H27N5O. The molecule has 0 atom stereocenters. The van der Waals surface area contributed by atoms with E-state index < -0.39 is 0 Å². The average molecular weight is 365 g/mol. The Bertz CT molecular complexity index is 767. The fourth-order valence-electron chi connectivity index (χ4n) is 3.22. The summed E-state index contributed by atoms with van der Waals surface area (Å²) in [6.07, 6.45) is 9.12. The molecule has 2 N–H and O–H groups in total. The minimum Gasteiger partial charge on any atom is -0.363 e. The van der Waals surface area contributed by atoms with Crippen LogP contribution >= 0.6 is 0 Å². The van der Waals surface area contributed by atoms with Crippen LogP contribution in [-0.2, 0) is 4.79 Å². The molecule has 3 rings (SSSR count). The van der Waals surface area contributed by atoms with Gasteiger partial charge in [-0.15, -0.1) is 0 Å². The van der Waals surface area contributed by atoms with E-state index >= 15 is 0 Å². The highest BCUT2D eigenvalue weighted by Crippen LogP contribution is 2.21. The third-order valence-electron chi connectivity index (χ3n) is 4.73. The minimum atomic E-state index is -0.0303. The molecule has 1 aliphatic rings. The third-order valence-corrected chi connectivity index (χ3v) is 4.73. The lowest BCUT2D eigenvalue weighted by molar-refractivity contribution is -0.117. The lowest BCUT2D eigenvalue weighted by Crippen LogP contribution is -2.39. The Balaban J connectivity index is 1.44. The van der Waals surface area contributed by atoms with Crippen molar-refractivity contribution in [3.63, 3.8) is 0 Å². The zero-order valence-corrected chi connectivity index (χ0v) is 15.9. The Labute approximate surface area is 160 Å². The van der Waals surface area contributed by atoms with Crippen LogP contribution < -0.4 is 15.5 Å². The van der Waals surface area contributed by atoms with Crippen molar-refractivity contribution in [2.24, 2.45) is 0 Å². The molecule has 2 aromatic rings. The largest absolute Gasteiger partial charge is 0.363 e. The van der Waals surface area contributed by atoms with Gasteiger partial charge in [-0.05, 0) is 43.4 Å². The highest BCUT2D eigenvalue weighted by Gasteiger charge is 2.22. The van der Waals surface area contributed by atoms with Gasteiger partial charge in [-0.1, -0.05) is 30.3 Å². The van der Waals surface area contributed by atoms with Gasteiger partial charge >= 0.3 is 0 Å². The quantitative estimate of drug-likeness (QED) is 0.770. The second kappa shape index (κ2) is 9.16. The smallest absolute Gasteiger partial charge is 0.244 e. The average Bonchev–Trinajstić information content (AvgIpc) is 2.69. The first-order valence-electron chi connectivity index (χ1n) is 9.40. The van der Waals surface area contributed by atoms with E-state index in [4.69, 9.17) is 0 Å². The number of rotatable bonds is 6. The number of hydrogen-bond acceptors (Lipinski definition) is 5. The topological polar surface area (TPSA) is 70.2 Å². The second-order valence-electron chi connectivity index (χ2n) is 7.08. The number of carbonyl (C=O) groups is 1. The van der Waals surface area contributed by atoms with E-state index in [1.165, 1.54) is 0 Å². The molecule has 1 aromatic carbocycles. The zero-order chi connectivity index (χ0) is 19.1. The molecule has 1 heterocycles. The first-order valence-corrected chi connectivity index (χ1v) is 9.40. The standard InChI is InChI=1S/C21H27N5O/c1-26(2)19-14-15-22-21(25-19)24-18-11-9-17(10-12-18)23-20(27)13-8-16-6-4-3-5-7-16/h3-8,13-15,17-18H,9-12H2,1-2H3,(H,23,27)(H,22,24,25)/b13-8+/t17-,18+. The summed E-state index contributed by atoms with van der Waals surface area (Å²) in [5.41, 5.74) is 1.03. The van der Waals surface area contributed by atoms with Crippen molar-refractivity contribution in [3.05, 3.63) is 54.2 Å². The number of benzene rings is 1. The molecule has 1 amide bonds. The molecule has 0 aliphatic heterocycles. The Kier molecular flexibility index (Phi) is 6.41. The molecule has 27 heavy (non-hydrogen) atoms. The maximum absolute atomic E-state index is 12.1. The normalized spacial score (nSPS) is 19.6. The summed E-state index contributed by atoms with van der Waals surface area (Å²) >= 11 is 0. The summed E-state index contributed by atoms with van der Waals surface area (Å²) in [5.74, 6) is 1.52. The first kappa shape index (κ1) is 18.9. The molecular weight excluding hydrogens is 338 g/mol. The van der Waals surface area contributed by atoms with E-state index in [1.807, 2.05) is 61.5 Å². The van der Waals surface area contributed by atoms with Crippen LogP contribution in [-0.4, -0.2) is 42.1 Å². The van der Waals surface area contributed by atoms with Crippen molar-refractivity contribution in [3.8, 4) is 0 Å². The fraction of sp³-hybridized carbons (Fsp3) is 0.381. The molecule has 0 saturated heterocycles. The summed E-state index contributed by atoms with van der Waals surface area (Å²) in [7, 11) is 3.93. The van der Waals surface area contributed by atoms with Crippen LogP contribution in [0.4, 0.5) is 11.8 Å². The van der Waals surface area contributed by atoms with Crippen LogP contribution in [0.15, 0.2) is 48.7 Å². The maximum Gasteiger partial charge on any atom is 0.244 e. The van der Waals surface area contributed by atoms with Crippen molar-refractivity contribution in [1.82, 2.24) is 15.3 Å². The molecule has 0 bridgehead atoms. The van der Waals surface area contributed by atoms with Gasteiger partial charge in [0.2, 0.25) is 11.9 Å². The van der Waals surface area contributed by atoms with Crippen LogP contribution in [0.1, 0.15) is 31.2 Å². The molecule has 0 radical (unpaired) electrons. The van der Waals surface area contributed by atoms with E-state index in [-0.39, 0.29) is 11.9 Å². The number of carbonyl (C=O) groups excluding carboxylic acids is 1. The lowest BCUT2D eigenvalue weighted by Gasteiger charge is -2.29. The van der Waals surface area contributed by atoms with Crippen molar-refractivity contribution in [2.75, 3.05) is 24.3 Å². The van der Waals surface area contributed by atoms with Gasteiger partial charge in [0.1, 0.15) is 5.82 Å². The molecule has 6 heteroatoms. The molecule has 1 saturated carbocycles. The Morgan fingerprint density at radius 3 is 2.48 bits per heavy atom. The SMILES string of the molecule is CN(C)c1ccnc(N[C@H]2CC[C@@H](NC(=O)/C=C/c3ccccc3)CC2)n1. The summed E-state index contributed by atoms with van der Waals surface area (Å²) < 4.78 is 0. The van der Waals surface area contributed by atoms with Crippen LogP contribution in [0, 0.1) is 0 Å². The number of nitrogens with one attached hydrogen (secondary N) is 2. The Morgan fingerprint density at radius 1 is 1.07 bits per heavy atom. The third kappa shape index (κ3) is 5.81. The summed E-state index contributed by atoms with van der Waals surface area (Å²) in [4.78, 5) is 22.9. The predicted octanol–water partition coefficient (Wildman–Crippen LogP) is 3.10. The number of amides is 1. The molecule has 142 valence electrons. The van der Waals surface area contributed by atoms with Crippen LogP contribution in [0.5, 0.6) is 0 Å². The second-order valence-corrected chi connectivity index (χ2v) is 7.08. The number of nitrogens with zero attached hydrogens (tertiary/aromatic N) is 3. The number of hydrogen-bond donors (Lipinski definition) is 2. The highest BCUT2D eigenvalue weighted by atomic mass is 16.1. The predicted molar refractivity (Wildman–Crippen MR) is 110 cm³/mol. The zero-order valence-electron chi connectivity index (χ0n) is 15.9. The van der Waals surface area contributed by atoms with Gasteiger partial charge in [0, 0.05) is 38.5 Å². The molecule has 0 unspecified atom stereocenters. The van der Waals surface area contributed by atoms with Crippen LogP contribution in [0.2, 0.25) is 0 Å². The van der Waals surface area contributed by atoms with Crippen LogP contribution in [0.3, 0.4) is 0 Å². The number of anilines is 2. The molecule has 1 aliphatic carbocycles. The molecule has 1 fully saturated rings. The summed E-state index contributed by atoms with van der Waals surface area (Å²) in [6, 6.07) is 12.3. The van der Waals surface area contributed by atoms with Crippen molar-refractivity contribution in [2.45, 2.75) is 37.8 Å². The van der Waals surface area contributed by atoms with Crippen molar-refractivity contribution < 1.29 is 4.79 Å². The van der Waals surface area contributed by atoms with Gasteiger partial charge in [-0.25, -0.2) is 4.98 Å². The Hall–Kier alpha value is -2.89. The first-order chi connectivity index (χ1) is 13.1. The van der Waals surface area contributed by atoms with Crippen molar-refractivity contribution in [1.29, 1.82) is 0 Å². The summed E-state index contributed by atoms with van der Waals surface area (Å²) in [5, 5.41) is 6.53. The minimum absolute atomic E-state index is 0.0303. The van der Waals surface area contributed by atoms with Gasteiger partial charge in [0.25, 0.3) is 0 Å². The van der Waals surface area contributed by atoms with E-state index in [9.17, 15) is 4.79 Å². The lowest BCUT2D eigenvalue weighted by atomic mass is 9.91. The van der Waals surface area contributed by atoms with E-state index in [0.717, 1.165) is 37.1 Å². The molecule has 6 nitrogen and oxygen atoms in total. The Morgan fingerprint density at radius 2 is 1.78 bits per heavy atom. The number of aromatic nitrogens is 2. The monoisotopic (exact) mass is 365 g/mol. The van der Waals surface area contributed by atoms with Gasteiger partial charge < -0.3 is 15.5 Å². The molecule has 1 aromatic heterocycles. The highest BCUT2D eigenvalue weighted by molar-refractivity contribution is 5.91. The van der Waals surface area contributed by atoms with E-state index in [2.05, 4.69) is 20.6 Å². The fourth-order valence-corrected chi connectivity index (χ4v) is 3.22. The van der Waals surface area contributed by atoms with E-state index in [1.54, 1.807) is 12.3 Å². The van der Waals surface area contributed by atoms with Crippen LogP contribution in [0.25, 0.3) is 6.08 Å². The van der Waals surface area contributed by atoms with Crippen molar-refractivity contribution >= 4 is 23.7 Å². The van der Waals surface area contributed by atoms with Gasteiger partial charge in [-0.2, -0.15) is 4.98 Å². The van der Waals surface area contributed by atoms with E-state index in [0.29, 0.717) is 12.0 Å². The van der Waals surface area contributed by atoms with Gasteiger partial charge in [-0.3, -0.25) is 4.79 Å². The van der Waals surface area contributed by atoms with Gasteiger partial charge in [0.15, 0.2) is 0 Å².